The number of hydrogen-bond donors (Lipinski definition) is 0. The van der Waals surface area contributed by atoms with Crippen LogP contribution in [0.2, 0.25) is 0 Å². The second-order valence-corrected chi connectivity index (χ2v) is 5.71. The SMILES string of the molecule is CCOC(=O)COc1ccc(/C=C(/C#N)c2ccc([N+](=O)[O-])cc2)cc1OCC. The van der Waals surface area contributed by atoms with Crippen LogP contribution in [0.1, 0.15) is 25.0 Å². The Morgan fingerprint density at radius 1 is 1.10 bits per heavy atom. The fourth-order valence-electron chi connectivity index (χ4n) is 2.45. The first-order valence-electron chi connectivity index (χ1n) is 8.90. The van der Waals surface area contributed by atoms with Gasteiger partial charge in [0.25, 0.3) is 5.69 Å². The molecule has 0 unspecified atom stereocenters. The minimum atomic E-state index is -0.497. The summed E-state index contributed by atoms with van der Waals surface area (Å²) in [6.45, 7) is 3.94. The predicted molar refractivity (Wildman–Crippen MR) is 106 cm³/mol. The third-order valence-corrected chi connectivity index (χ3v) is 3.74. The average molecular weight is 396 g/mol. The minimum absolute atomic E-state index is 0.0484. The first-order chi connectivity index (χ1) is 14.0. The highest BCUT2D eigenvalue weighted by Crippen LogP contribution is 2.30. The Kier molecular flexibility index (Phi) is 7.74. The lowest BCUT2D eigenvalue weighted by Crippen LogP contribution is -2.15. The van der Waals surface area contributed by atoms with Crippen LogP contribution in [-0.2, 0) is 9.53 Å². The van der Waals surface area contributed by atoms with E-state index in [4.69, 9.17) is 14.2 Å². The van der Waals surface area contributed by atoms with Crippen LogP contribution in [0.3, 0.4) is 0 Å². The lowest BCUT2D eigenvalue weighted by atomic mass is 10.0. The number of allylic oxidation sites excluding steroid dienone is 1. The maximum Gasteiger partial charge on any atom is 0.344 e. The lowest BCUT2D eigenvalue weighted by Gasteiger charge is -2.12. The van der Waals surface area contributed by atoms with E-state index in [0.717, 1.165) is 0 Å². The van der Waals surface area contributed by atoms with Gasteiger partial charge in [-0.15, -0.1) is 0 Å². The molecule has 8 nitrogen and oxygen atoms in total. The monoisotopic (exact) mass is 396 g/mol. The predicted octanol–water partition coefficient (Wildman–Crippen LogP) is 4.00. The number of benzene rings is 2. The Bertz CT molecular complexity index is 945. The zero-order valence-corrected chi connectivity index (χ0v) is 16.1. The van der Waals surface area contributed by atoms with E-state index in [1.54, 1.807) is 31.2 Å². The van der Waals surface area contributed by atoms with E-state index < -0.39 is 10.9 Å². The van der Waals surface area contributed by atoms with Gasteiger partial charge in [0.05, 0.1) is 29.8 Å². The molecule has 0 spiro atoms. The van der Waals surface area contributed by atoms with Gasteiger partial charge in [0.15, 0.2) is 18.1 Å². The Morgan fingerprint density at radius 3 is 2.41 bits per heavy atom. The van der Waals surface area contributed by atoms with E-state index in [1.165, 1.54) is 24.3 Å². The number of ether oxygens (including phenoxy) is 3. The zero-order valence-electron chi connectivity index (χ0n) is 16.1. The third-order valence-electron chi connectivity index (χ3n) is 3.74. The summed E-state index contributed by atoms with van der Waals surface area (Å²) in [4.78, 5) is 21.8. The second kappa shape index (κ2) is 10.5. The van der Waals surface area contributed by atoms with Gasteiger partial charge in [-0.05, 0) is 55.3 Å². The largest absolute Gasteiger partial charge is 0.490 e. The molecule has 0 saturated heterocycles. The van der Waals surface area contributed by atoms with Gasteiger partial charge in [-0.3, -0.25) is 10.1 Å². The Hall–Kier alpha value is -3.86. The van der Waals surface area contributed by atoms with Crippen LogP contribution in [0.15, 0.2) is 42.5 Å². The van der Waals surface area contributed by atoms with Crippen LogP contribution in [0, 0.1) is 21.4 Å². The summed E-state index contributed by atoms with van der Waals surface area (Å²) in [7, 11) is 0. The van der Waals surface area contributed by atoms with Crippen LogP contribution < -0.4 is 9.47 Å². The molecule has 0 amide bonds. The van der Waals surface area contributed by atoms with Gasteiger partial charge < -0.3 is 14.2 Å². The molecule has 0 heterocycles. The molecular weight excluding hydrogens is 376 g/mol. The van der Waals surface area contributed by atoms with Crippen LogP contribution in [-0.4, -0.2) is 30.7 Å². The molecular formula is C21H20N2O6. The van der Waals surface area contributed by atoms with Gasteiger partial charge in [-0.25, -0.2) is 4.79 Å². The van der Waals surface area contributed by atoms with E-state index in [0.29, 0.717) is 34.8 Å². The highest BCUT2D eigenvalue weighted by atomic mass is 16.6. The summed E-state index contributed by atoms with van der Waals surface area (Å²) >= 11 is 0. The van der Waals surface area contributed by atoms with E-state index in [-0.39, 0.29) is 18.9 Å². The van der Waals surface area contributed by atoms with Gasteiger partial charge in [-0.1, -0.05) is 6.07 Å². The van der Waals surface area contributed by atoms with Crippen LogP contribution in [0.4, 0.5) is 5.69 Å². The summed E-state index contributed by atoms with van der Waals surface area (Å²) in [5.74, 6) is 0.321. The zero-order chi connectivity index (χ0) is 21.2. The molecule has 150 valence electrons. The summed E-state index contributed by atoms with van der Waals surface area (Å²) in [6.07, 6.45) is 1.64. The number of nitriles is 1. The second-order valence-electron chi connectivity index (χ2n) is 5.71. The molecule has 0 bridgehead atoms. The number of esters is 1. The third kappa shape index (κ3) is 6.07. The van der Waals surface area contributed by atoms with Crippen molar-refractivity contribution >= 4 is 23.3 Å². The number of non-ortho nitro benzene ring substituents is 1. The number of nitro benzene ring substituents is 1. The smallest absolute Gasteiger partial charge is 0.344 e. The molecule has 0 N–H and O–H groups in total. The molecule has 2 aromatic carbocycles. The van der Waals surface area contributed by atoms with Crippen LogP contribution in [0.25, 0.3) is 11.6 Å². The van der Waals surface area contributed by atoms with Gasteiger partial charge in [0.2, 0.25) is 0 Å². The minimum Gasteiger partial charge on any atom is -0.490 e. The normalized spacial score (nSPS) is 10.7. The summed E-state index contributed by atoms with van der Waals surface area (Å²) < 4.78 is 15.9. The number of carbonyl (C=O) groups excluding carboxylic acids is 1. The number of hydrogen-bond acceptors (Lipinski definition) is 7. The van der Waals surface area contributed by atoms with Crippen molar-refractivity contribution in [3.05, 3.63) is 63.7 Å². The van der Waals surface area contributed by atoms with Crippen molar-refractivity contribution in [1.29, 1.82) is 5.26 Å². The van der Waals surface area contributed by atoms with E-state index in [1.807, 2.05) is 6.92 Å². The highest BCUT2D eigenvalue weighted by molar-refractivity contribution is 5.90. The van der Waals surface area contributed by atoms with E-state index in [9.17, 15) is 20.2 Å². The van der Waals surface area contributed by atoms with E-state index >= 15 is 0 Å². The van der Waals surface area contributed by atoms with Gasteiger partial charge >= 0.3 is 5.97 Å². The summed E-state index contributed by atoms with van der Waals surface area (Å²) in [6, 6.07) is 12.9. The first-order valence-corrected chi connectivity index (χ1v) is 8.90. The standard InChI is InChI=1S/C21H20N2O6/c1-3-27-20-12-15(5-10-19(20)29-14-21(24)28-4-2)11-17(13-22)16-6-8-18(9-7-16)23(25)26/h5-12H,3-4,14H2,1-2H3/b17-11-. The number of nitro groups is 1. The molecule has 0 aliphatic carbocycles. The Morgan fingerprint density at radius 2 is 1.83 bits per heavy atom. The van der Waals surface area contributed by atoms with Crippen molar-refractivity contribution in [2.45, 2.75) is 13.8 Å². The highest BCUT2D eigenvalue weighted by Gasteiger charge is 2.11. The van der Waals surface area contributed by atoms with Crippen molar-refractivity contribution in [3.8, 4) is 17.6 Å². The van der Waals surface area contributed by atoms with Crippen molar-refractivity contribution in [3.63, 3.8) is 0 Å². The van der Waals surface area contributed by atoms with Gasteiger partial charge in [0.1, 0.15) is 0 Å². The Labute approximate surface area is 168 Å². The fourth-order valence-corrected chi connectivity index (χ4v) is 2.45. The quantitative estimate of drug-likeness (QED) is 0.207. The molecule has 8 heteroatoms. The van der Waals surface area contributed by atoms with Crippen LogP contribution >= 0.6 is 0 Å². The molecule has 0 aliphatic heterocycles. The lowest BCUT2D eigenvalue weighted by molar-refractivity contribution is -0.384. The Balaban J connectivity index is 2.27. The van der Waals surface area contributed by atoms with Crippen molar-refractivity contribution in [2.75, 3.05) is 19.8 Å². The van der Waals surface area contributed by atoms with Crippen molar-refractivity contribution in [1.82, 2.24) is 0 Å². The molecule has 2 aromatic rings. The van der Waals surface area contributed by atoms with Crippen LogP contribution in [0.5, 0.6) is 11.5 Å². The summed E-state index contributed by atoms with van der Waals surface area (Å²) in [5.41, 5.74) is 1.51. The molecule has 0 atom stereocenters. The van der Waals surface area contributed by atoms with Gasteiger partial charge in [-0.2, -0.15) is 5.26 Å². The number of nitrogens with zero attached hydrogens (tertiary/aromatic N) is 2. The van der Waals surface area contributed by atoms with Crippen molar-refractivity contribution < 1.29 is 23.9 Å². The number of carbonyl (C=O) groups is 1. The first kappa shape index (κ1) is 21.4. The molecule has 0 saturated carbocycles. The topological polar surface area (TPSA) is 112 Å². The maximum atomic E-state index is 11.5. The van der Waals surface area contributed by atoms with Gasteiger partial charge in [0, 0.05) is 12.1 Å². The molecule has 0 fully saturated rings. The average Bonchev–Trinajstić information content (AvgIpc) is 2.72. The molecule has 0 aliphatic rings. The summed E-state index contributed by atoms with van der Waals surface area (Å²) in [5, 5.41) is 20.3. The molecule has 29 heavy (non-hydrogen) atoms. The molecule has 0 radical (unpaired) electrons. The molecule has 0 aromatic heterocycles. The number of rotatable bonds is 9. The maximum absolute atomic E-state index is 11.5. The van der Waals surface area contributed by atoms with Crippen molar-refractivity contribution in [2.24, 2.45) is 0 Å². The molecule has 2 rings (SSSR count). The van der Waals surface area contributed by atoms with E-state index in [2.05, 4.69) is 6.07 Å². The fraction of sp³-hybridized carbons (Fsp3) is 0.238.